The monoisotopic (exact) mass is 296 g/mol. The van der Waals surface area contributed by atoms with E-state index in [-0.39, 0.29) is 0 Å². The van der Waals surface area contributed by atoms with Crippen LogP contribution in [0, 0.1) is 0 Å². The second-order valence-corrected chi connectivity index (χ2v) is 8.17. The number of fused-ring (bicyclic) bond motifs is 1. The predicted molar refractivity (Wildman–Crippen MR) is 80.8 cm³/mol. The summed E-state index contributed by atoms with van der Waals surface area (Å²) in [5.41, 5.74) is 2.69. The first kappa shape index (κ1) is 14.8. The average Bonchev–Trinajstić information content (AvgIpc) is 2.37. The largest absolute Gasteiger partial charge is 0.383 e. The first-order valence-electron chi connectivity index (χ1n) is 6.60. The molecule has 110 valence electrons. The summed E-state index contributed by atoms with van der Waals surface area (Å²) in [6, 6.07) is 5.67. The number of rotatable bonds is 3. The number of para-hydroxylation sites is 1. The number of carbonyl (C=O) groups is 1. The lowest BCUT2D eigenvalue weighted by molar-refractivity contribution is -0.117. The normalized spacial score (nSPS) is 15.2. The van der Waals surface area contributed by atoms with Gasteiger partial charge >= 0.3 is 0 Å². The molecule has 1 aliphatic rings. The van der Waals surface area contributed by atoms with E-state index in [2.05, 4.69) is 10.6 Å². The Labute approximate surface area is 119 Å². The third-order valence-corrected chi connectivity index (χ3v) is 5.84. The number of nitrogens with one attached hydrogen (secondary N) is 2. The third kappa shape index (κ3) is 2.65. The van der Waals surface area contributed by atoms with E-state index < -0.39 is 20.5 Å². The summed E-state index contributed by atoms with van der Waals surface area (Å²) in [5.74, 6) is -0.513. The van der Waals surface area contributed by atoms with Crippen molar-refractivity contribution in [1.82, 2.24) is 0 Å². The van der Waals surface area contributed by atoms with E-state index in [9.17, 15) is 13.2 Å². The molecule has 6 heteroatoms. The Morgan fingerprint density at radius 1 is 1.35 bits per heavy atom. The van der Waals surface area contributed by atoms with Crippen molar-refractivity contribution in [3.8, 4) is 0 Å². The second kappa shape index (κ2) is 5.09. The van der Waals surface area contributed by atoms with Gasteiger partial charge in [0.25, 0.3) is 0 Å². The highest BCUT2D eigenvalue weighted by Crippen LogP contribution is 2.31. The van der Waals surface area contributed by atoms with Gasteiger partial charge in [-0.1, -0.05) is 12.1 Å². The summed E-state index contributed by atoms with van der Waals surface area (Å²) in [7, 11) is -3.48. The maximum Gasteiger partial charge on any atom is 0.245 e. The molecule has 2 N–H and O–H groups in total. The van der Waals surface area contributed by atoms with Crippen LogP contribution in [0.3, 0.4) is 0 Å². The first-order valence-corrected chi connectivity index (χ1v) is 8.49. The number of sulfone groups is 1. The molecular formula is C14H20N2O3S. The molecule has 0 atom stereocenters. The van der Waals surface area contributed by atoms with Crippen LogP contribution in [0.5, 0.6) is 0 Å². The quantitative estimate of drug-likeness (QED) is 0.892. The van der Waals surface area contributed by atoms with Gasteiger partial charge in [0.1, 0.15) is 4.75 Å². The third-order valence-electron chi connectivity index (χ3n) is 3.80. The minimum atomic E-state index is -3.48. The molecule has 1 aromatic carbocycles. The zero-order chi connectivity index (χ0) is 15.0. The van der Waals surface area contributed by atoms with Crippen molar-refractivity contribution >= 4 is 27.1 Å². The zero-order valence-corrected chi connectivity index (χ0v) is 12.8. The Morgan fingerprint density at radius 3 is 2.70 bits per heavy atom. The summed E-state index contributed by atoms with van der Waals surface area (Å²) >= 11 is 0. The van der Waals surface area contributed by atoms with E-state index in [1.807, 2.05) is 12.1 Å². The predicted octanol–water partition coefficient (Wildman–Crippen LogP) is 1.81. The van der Waals surface area contributed by atoms with E-state index in [1.165, 1.54) is 13.8 Å². The maximum atomic E-state index is 12.2. The molecule has 5 nitrogen and oxygen atoms in total. The molecule has 0 unspecified atom stereocenters. The molecule has 0 saturated heterocycles. The van der Waals surface area contributed by atoms with Gasteiger partial charge in [0.05, 0.1) is 11.4 Å². The molecule has 0 fully saturated rings. The van der Waals surface area contributed by atoms with Gasteiger partial charge in [-0.3, -0.25) is 4.79 Å². The van der Waals surface area contributed by atoms with Gasteiger partial charge in [0.2, 0.25) is 5.91 Å². The lowest BCUT2D eigenvalue weighted by Crippen LogP contribution is -2.44. The van der Waals surface area contributed by atoms with Crippen molar-refractivity contribution in [1.29, 1.82) is 0 Å². The van der Waals surface area contributed by atoms with Crippen molar-refractivity contribution in [2.24, 2.45) is 0 Å². The van der Waals surface area contributed by atoms with Crippen molar-refractivity contribution in [2.75, 3.05) is 23.4 Å². The van der Waals surface area contributed by atoms with Crippen LogP contribution >= 0.6 is 0 Å². The van der Waals surface area contributed by atoms with Gasteiger partial charge in [-0.2, -0.15) is 0 Å². The molecule has 0 saturated carbocycles. The second-order valence-electron chi connectivity index (χ2n) is 5.61. The summed E-state index contributed by atoms with van der Waals surface area (Å²) < 4.78 is 21.9. The molecule has 0 aromatic heterocycles. The van der Waals surface area contributed by atoms with Gasteiger partial charge in [-0.15, -0.1) is 0 Å². The Bertz CT molecular complexity index is 636. The molecule has 1 aliphatic heterocycles. The van der Waals surface area contributed by atoms with Crippen LogP contribution in [0.2, 0.25) is 0 Å². The number of hydrogen-bond acceptors (Lipinski definition) is 4. The van der Waals surface area contributed by atoms with Gasteiger partial charge in [0.15, 0.2) is 9.84 Å². The van der Waals surface area contributed by atoms with Gasteiger partial charge in [-0.25, -0.2) is 8.42 Å². The summed E-state index contributed by atoms with van der Waals surface area (Å²) in [4.78, 5) is 12.2. The van der Waals surface area contributed by atoms with Crippen LogP contribution in [-0.2, 0) is 21.1 Å². The van der Waals surface area contributed by atoms with Crippen molar-refractivity contribution in [3.63, 3.8) is 0 Å². The molecule has 0 bridgehead atoms. The Balaban J connectivity index is 2.30. The molecule has 1 heterocycles. The fourth-order valence-corrected chi connectivity index (χ4v) is 2.44. The Hall–Kier alpha value is -1.56. The highest BCUT2D eigenvalue weighted by Gasteiger charge is 2.38. The van der Waals surface area contributed by atoms with Crippen LogP contribution in [0.25, 0.3) is 0 Å². The number of amides is 1. The first-order chi connectivity index (χ1) is 9.23. The number of benzene rings is 1. The van der Waals surface area contributed by atoms with E-state index in [0.29, 0.717) is 5.69 Å². The van der Waals surface area contributed by atoms with Crippen LogP contribution in [0.15, 0.2) is 18.2 Å². The fraction of sp³-hybridized carbons (Fsp3) is 0.500. The summed E-state index contributed by atoms with van der Waals surface area (Å²) in [5, 5.41) is 6.00. The van der Waals surface area contributed by atoms with Gasteiger partial charge in [-0.05, 0) is 38.3 Å². The lowest BCUT2D eigenvalue weighted by atomic mass is 10.0. The SMILES string of the molecule is CC(C)(C(=O)Nc1cccc2c1NCCC2)S(C)(=O)=O. The lowest BCUT2D eigenvalue weighted by Gasteiger charge is -2.25. The van der Waals surface area contributed by atoms with Crippen molar-refractivity contribution < 1.29 is 13.2 Å². The van der Waals surface area contributed by atoms with Gasteiger partial charge in [0, 0.05) is 12.8 Å². The fourth-order valence-electron chi connectivity index (χ4n) is 2.05. The maximum absolute atomic E-state index is 12.2. The standard InChI is InChI=1S/C14H20N2O3S/c1-14(2,20(3,18)19)13(17)16-11-8-4-6-10-7-5-9-15-12(10)11/h4,6,8,15H,5,7,9H2,1-3H3,(H,16,17). The highest BCUT2D eigenvalue weighted by molar-refractivity contribution is 7.92. The summed E-state index contributed by atoms with van der Waals surface area (Å²) in [6.07, 6.45) is 3.09. The van der Waals surface area contributed by atoms with Crippen LogP contribution < -0.4 is 10.6 Å². The minimum absolute atomic E-state index is 0.513. The smallest absolute Gasteiger partial charge is 0.245 e. The molecule has 20 heavy (non-hydrogen) atoms. The molecule has 1 amide bonds. The molecule has 0 radical (unpaired) electrons. The van der Waals surface area contributed by atoms with E-state index in [1.54, 1.807) is 6.07 Å². The summed E-state index contributed by atoms with van der Waals surface area (Å²) in [6.45, 7) is 3.69. The van der Waals surface area contributed by atoms with Crippen LogP contribution in [0.4, 0.5) is 11.4 Å². The van der Waals surface area contributed by atoms with E-state index in [4.69, 9.17) is 0 Å². The molecule has 2 rings (SSSR count). The number of hydrogen-bond donors (Lipinski definition) is 2. The van der Waals surface area contributed by atoms with Crippen molar-refractivity contribution in [2.45, 2.75) is 31.4 Å². The molecule has 0 spiro atoms. The molecule has 1 aromatic rings. The Morgan fingerprint density at radius 2 is 2.05 bits per heavy atom. The number of aryl methyl sites for hydroxylation is 1. The molecule has 0 aliphatic carbocycles. The van der Waals surface area contributed by atoms with Crippen LogP contribution in [-0.4, -0.2) is 31.9 Å². The topological polar surface area (TPSA) is 75.3 Å². The Kier molecular flexibility index (Phi) is 3.77. The van der Waals surface area contributed by atoms with E-state index in [0.717, 1.165) is 36.9 Å². The van der Waals surface area contributed by atoms with Crippen LogP contribution in [0.1, 0.15) is 25.8 Å². The van der Waals surface area contributed by atoms with E-state index >= 15 is 0 Å². The highest BCUT2D eigenvalue weighted by atomic mass is 32.2. The minimum Gasteiger partial charge on any atom is -0.383 e. The zero-order valence-electron chi connectivity index (χ0n) is 12.0. The molecular weight excluding hydrogens is 276 g/mol. The van der Waals surface area contributed by atoms with Gasteiger partial charge < -0.3 is 10.6 Å². The average molecular weight is 296 g/mol. The number of carbonyl (C=O) groups excluding carboxylic acids is 1. The number of anilines is 2. The van der Waals surface area contributed by atoms with Crippen molar-refractivity contribution in [3.05, 3.63) is 23.8 Å².